The van der Waals surface area contributed by atoms with E-state index in [9.17, 15) is 4.79 Å². The van der Waals surface area contributed by atoms with Crippen LogP contribution >= 0.6 is 11.6 Å². The topological polar surface area (TPSA) is 45.2 Å². The minimum atomic E-state index is -0.131. The van der Waals surface area contributed by atoms with E-state index in [0.29, 0.717) is 16.5 Å². The van der Waals surface area contributed by atoms with Crippen LogP contribution in [-0.4, -0.2) is 36.4 Å². The number of pyridine rings is 1. The monoisotopic (exact) mass is 269 g/mol. The highest BCUT2D eigenvalue weighted by atomic mass is 35.5. The number of hydrogen-bond donors (Lipinski definition) is 1. The summed E-state index contributed by atoms with van der Waals surface area (Å²) in [6.07, 6.45) is 3.26. The number of anilines is 1. The average Bonchev–Trinajstić information content (AvgIpc) is 2.38. The van der Waals surface area contributed by atoms with Crippen LogP contribution in [0.2, 0.25) is 5.02 Å². The number of unbranched alkanes of at least 4 members (excludes halogenated alkanes) is 2. The van der Waals surface area contributed by atoms with Gasteiger partial charge in [-0.15, -0.1) is 0 Å². The Labute approximate surface area is 113 Å². The summed E-state index contributed by atoms with van der Waals surface area (Å²) in [5.74, 6) is 0.512. The molecule has 0 fully saturated rings. The van der Waals surface area contributed by atoms with Crippen LogP contribution in [0.4, 0.5) is 5.82 Å². The molecule has 1 aromatic heterocycles. The molecule has 5 heteroatoms. The van der Waals surface area contributed by atoms with E-state index in [1.54, 1.807) is 31.1 Å². The first kappa shape index (κ1) is 14.8. The number of nitrogens with one attached hydrogen (secondary N) is 1. The Balaban J connectivity index is 2.76. The molecule has 0 saturated heterocycles. The van der Waals surface area contributed by atoms with Crippen LogP contribution < -0.4 is 5.32 Å². The second kappa shape index (κ2) is 7.21. The molecule has 100 valence electrons. The average molecular weight is 270 g/mol. The molecule has 4 nitrogen and oxygen atoms in total. The Morgan fingerprint density at radius 3 is 2.78 bits per heavy atom. The number of rotatable bonds is 6. The SMILES string of the molecule is CCCCCN(C)C(=O)c1nc(NC)ccc1Cl. The van der Waals surface area contributed by atoms with Crippen molar-refractivity contribution in [2.45, 2.75) is 26.2 Å². The summed E-state index contributed by atoms with van der Waals surface area (Å²) < 4.78 is 0. The van der Waals surface area contributed by atoms with Crippen LogP contribution in [0.5, 0.6) is 0 Å². The summed E-state index contributed by atoms with van der Waals surface area (Å²) in [6, 6.07) is 3.43. The Bertz CT molecular complexity index is 409. The number of carbonyl (C=O) groups excluding carboxylic acids is 1. The highest BCUT2D eigenvalue weighted by Crippen LogP contribution is 2.18. The summed E-state index contributed by atoms with van der Waals surface area (Å²) in [6.45, 7) is 2.87. The normalized spacial score (nSPS) is 10.2. The van der Waals surface area contributed by atoms with Crippen LogP contribution in [0.25, 0.3) is 0 Å². The zero-order chi connectivity index (χ0) is 13.5. The maximum absolute atomic E-state index is 12.2. The molecule has 1 aromatic rings. The lowest BCUT2D eigenvalue weighted by atomic mass is 10.2. The second-order valence-corrected chi connectivity index (χ2v) is 4.62. The van der Waals surface area contributed by atoms with E-state index in [-0.39, 0.29) is 5.91 Å². The molecule has 1 rings (SSSR count). The fourth-order valence-corrected chi connectivity index (χ4v) is 1.80. The van der Waals surface area contributed by atoms with E-state index in [1.165, 1.54) is 0 Å². The van der Waals surface area contributed by atoms with E-state index in [0.717, 1.165) is 25.8 Å². The van der Waals surface area contributed by atoms with Gasteiger partial charge in [0.2, 0.25) is 0 Å². The van der Waals surface area contributed by atoms with Crippen LogP contribution in [0.1, 0.15) is 36.7 Å². The number of hydrogen-bond acceptors (Lipinski definition) is 3. The van der Waals surface area contributed by atoms with Gasteiger partial charge in [0, 0.05) is 20.6 Å². The van der Waals surface area contributed by atoms with Crippen molar-refractivity contribution < 1.29 is 4.79 Å². The van der Waals surface area contributed by atoms with Gasteiger partial charge in [0.05, 0.1) is 5.02 Å². The lowest BCUT2D eigenvalue weighted by Crippen LogP contribution is -2.29. The van der Waals surface area contributed by atoms with E-state index in [2.05, 4.69) is 17.2 Å². The van der Waals surface area contributed by atoms with Crippen molar-refractivity contribution >= 4 is 23.3 Å². The predicted octanol–water partition coefficient (Wildman–Crippen LogP) is 3.04. The molecule has 0 saturated carbocycles. The molecule has 1 heterocycles. The standard InChI is InChI=1S/C13H20ClN3O/c1-4-5-6-9-17(3)13(18)12-10(14)7-8-11(15-2)16-12/h7-8H,4-6,9H2,1-3H3,(H,15,16). The van der Waals surface area contributed by atoms with Gasteiger partial charge in [-0.1, -0.05) is 31.4 Å². The Kier molecular flexibility index (Phi) is 5.92. The van der Waals surface area contributed by atoms with Crippen molar-refractivity contribution in [1.82, 2.24) is 9.88 Å². The Morgan fingerprint density at radius 2 is 2.17 bits per heavy atom. The Hall–Kier alpha value is -1.29. The van der Waals surface area contributed by atoms with Gasteiger partial charge in [0.1, 0.15) is 11.5 Å². The molecule has 0 atom stereocenters. The molecule has 18 heavy (non-hydrogen) atoms. The zero-order valence-corrected chi connectivity index (χ0v) is 11.9. The molecule has 0 aliphatic carbocycles. The van der Waals surface area contributed by atoms with Crippen molar-refractivity contribution in [1.29, 1.82) is 0 Å². The number of halogens is 1. The molecule has 0 aromatic carbocycles. The first-order valence-corrected chi connectivity index (χ1v) is 6.57. The number of aromatic nitrogens is 1. The van der Waals surface area contributed by atoms with Gasteiger partial charge in [-0.2, -0.15) is 0 Å². The van der Waals surface area contributed by atoms with Gasteiger partial charge in [-0.25, -0.2) is 4.98 Å². The number of carbonyl (C=O) groups is 1. The molecule has 1 N–H and O–H groups in total. The van der Waals surface area contributed by atoms with Crippen molar-refractivity contribution in [3.63, 3.8) is 0 Å². The van der Waals surface area contributed by atoms with Gasteiger partial charge in [-0.3, -0.25) is 4.79 Å². The second-order valence-electron chi connectivity index (χ2n) is 4.21. The molecular formula is C13H20ClN3O. The molecule has 1 amide bonds. The third-order valence-corrected chi connectivity index (χ3v) is 3.05. The molecule has 0 bridgehead atoms. The third-order valence-electron chi connectivity index (χ3n) is 2.75. The Morgan fingerprint density at radius 1 is 1.44 bits per heavy atom. The highest BCUT2D eigenvalue weighted by Gasteiger charge is 2.17. The summed E-state index contributed by atoms with van der Waals surface area (Å²) in [5, 5.41) is 3.29. The molecule has 0 unspecified atom stereocenters. The predicted molar refractivity (Wildman–Crippen MR) is 75.3 cm³/mol. The van der Waals surface area contributed by atoms with Gasteiger partial charge in [0.15, 0.2) is 0 Å². The van der Waals surface area contributed by atoms with E-state index in [1.807, 2.05) is 0 Å². The fourth-order valence-electron chi connectivity index (χ4n) is 1.61. The minimum Gasteiger partial charge on any atom is -0.373 e. The fraction of sp³-hybridized carbons (Fsp3) is 0.538. The molecule has 0 spiro atoms. The summed E-state index contributed by atoms with van der Waals surface area (Å²) in [5.41, 5.74) is 0.308. The van der Waals surface area contributed by atoms with Crippen LogP contribution in [0.3, 0.4) is 0 Å². The van der Waals surface area contributed by atoms with Gasteiger partial charge < -0.3 is 10.2 Å². The van der Waals surface area contributed by atoms with Crippen LogP contribution in [0.15, 0.2) is 12.1 Å². The smallest absolute Gasteiger partial charge is 0.273 e. The lowest BCUT2D eigenvalue weighted by Gasteiger charge is -2.17. The largest absolute Gasteiger partial charge is 0.373 e. The van der Waals surface area contributed by atoms with Crippen molar-refractivity contribution in [2.24, 2.45) is 0 Å². The van der Waals surface area contributed by atoms with E-state index in [4.69, 9.17) is 11.6 Å². The summed E-state index contributed by atoms with van der Waals surface area (Å²) >= 11 is 6.02. The van der Waals surface area contributed by atoms with Gasteiger partial charge in [-0.05, 0) is 18.6 Å². The quantitative estimate of drug-likeness (QED) is 0.808. The van der Waals surface area contributed by atoms with E-state index >= 15 is 0 Å². The molecular weight excluding hydrogens is 250 g/mol. The van der Waals surface area contributed by atoms with Crippen LogP contribution in [-0.2, 0) is 0 Å². The van der Waals surface area contributed by atoms with E-state index < -0.39 is 0 Å². The number of amides is 1. The molecule has 0 radical (unpaired) electrons. The first-order valence-electron chi connectivity index (χ1n) is 6.20. The summed E-state index contributed by atoms with van der Waals surface area (Å²) in [7, 11) is 3.54. The maximum Gasteiger partial charge on any atom is 0.273 e. The van der Waals surface area contributed by atoms with Gasteiger partial charge in [0.25, 0.3) is 5.91 Å². The lowest BCUT2D eigenvalue weighted by molar-refractivity contribution is 0.0787. The summed E-state index contributed by atoms with van der Waals surface area (Å²) in [4.78, 5) is 18.1. The zero-order valence-electron chi connectivity index (χ0n) is 11.2. The third kappa shape index (κ3) is 3.88. The van der Waals surface area contributed by atoms with Gasteiger partial charge >= 0.3 is 0 Å². The van der Waals surface area contributed by atoms with Crippen molar-refractivity contribution in [3.05, 3.63) is 22.8 Å². The van der Waals surface area contributed by atoms with Crippen LogP contribution in [0, 0.1) is 0 Å². The van der Waals surface area contributed by atoms with Crippen molar-refractivity contribution in [2.75, 3.05) is 26.0 Å². The first-order chi connectivity index (χ1) is 8.60. The molecule has 0 aliphatic rings. The maximum atomic E-state index is 12.2. The highest BCUT2D eigenvalue weighted by molar-refractivity contribution is 6.33. The van der Waals surface area contributed by atoms with Crippen molar-refractivity contribution in [3.8, 4) is 0 Å². The minimum absolute atomic E-state index is 0.131. The molecule has 0 aliphatic heterocycles. The number of nitrogens with zero attached hydrogens (tertiary/aromatic N) is 2.